The Balaban J connectivity index is 1.98. The molecule has 102 valence electrons. The maximum Gasteiger partial charge on any atom is 0.124 e. The summed E-state index contributed by atoms with van der Waals surface area (Å²) in [6.45, 7) is 1.88. The first-order valence-corrected chi connectivity index (χ1v) is 7.23. The Kier molecular flexibility index (Phi) is 3.65. The molecular weight excluding hydrogens is 266 g/mol. The summed E-state index contributed by atoms with van der Waals surface area (Å²) in [4.78, 5) is 7.02. The second-order valence-electron chi connectivity index (χ2n) is 5.03. The molecule has 1 aromatic carbocycles. The summed E-state index contributed by atoms with van der Waals surface area (Å²) in [6, 6.07) is 12.6. The standard InChI is InChI=1S/C16H17N3S/c17-16(20)15-14(8-3-9-18-15)19-10-4-7-12-5-1-2-6-13(12)11-19/h1-3,5-6,8-9H,4,7,10-11H2,(H2,17,20). The van der Waals surface area contributed by atoms with E-state index >= 15 is 0 Å². The van der Waals surface area contributed by atoms with Crippen molar-refractivity contribution in [3.63, 3.8) is 0 Å². The van der Waals surface area contributed by atoms with Crippen molar-refractivity contribution in [3.05, 3.63) is 59.4 Å². The highest BCUT2D eigenvalue weighted by Gasteiger charge is 2.18. The van der Waals surface area contributed by atoms with Crippen molar-refractivity contribution in [1.82, 2.24) is 4.98 Å². The molecule has 3 rings (SSSR count). The summed E-state index contributed by atoms with van der Waals surface area (Å²) in [5.41, 5.74) is 10.4. The van der Waals surface area contributed by atoms with Crippen LogP contribution in [-0.4, -0.2) is 16.5 Å². The Labute approximate surface area is 124 Å². The van der Waals surface area contributed by atoms with Crippen molar-refractivity contribution in [3.8, 4) is 0 Å². The van der Waals surface area contributed by atoms with Crippen LogP contribution in [0.4, 0.5) is 5.69 Å². The molecule has 0 radical (unpaired) electrons. The molecule has 1 aromatic heterocycles. The summed E-state index contributed by atoms with van der Waals surface area (Å²) in [5.74, 6) is 0. The fourth-order valence-corrected chi connectivity index (χ4v) is 2.91. The first-order valence-electron chi connectivity index (χ1n) is 6.82. The van der Waals surface area contributed by atoms with Gasteiger partial charge in [0.1, 0.15) is 10.7 Å². The zero-order chi connectivity index (χ0) is 13.9. The van der Waals surface area contributed by atoms with Crippen LogP contribution in [0, 0.1) is 0 Å². The van der Waals surface area contributed by atoms with Gasteiger partial charge in [-0.1, -0.05) is 36.5 Å². The molecule has 2 aromatic rings. The van der Waals surface area contributed by atoms with Crippen LogP contribution in [0.3, 0.4) is 0 Å². The fourth-order valence-electron chi connectivity index (χ4n) is 2.75. The Morgan fingerprint density at radius 2 is 1.95 bits per heavy atom. The molecule has 20 heavy (non-hydrogen) atoms. The summed E-state index contributed by atoms with van der Waals surface area (Å²) in [6.07, 6.45) is 3.99. The van der Waals surface area contributed by atoms with E-state index in [0.29, 0.717) is 4.99 Å². The molecule has 0 spiro atoms. The summed E-state index contributed by atoms with van der Waals surface area (Å²) >= 11 is 5.12. The van der Waals surface area contributed by atoms with Crippen LogP contribution in [0.2, 0.25) is 0 Å². The number of hydrogen-bond donors (Lipinski definition) is 1. The van der Waals surface area contributed by atoms with E-state index in [1.165, 1.54) is 11.1 Å². The van der Waals surface area contributed by atoms with Crippen LogP contribution in [0.15, 0.2) is 42.6 Å². The highest BCUT2D eigenvalue weighted by Crippen LogP contribution is 2.25. The average Bonchev–Trinajstić information content (AvgIpc) is 2.69. The van der Waals surface area contributed by atoms with E-state index in [1.54, 1.807) is 6.20 Å². The minimum atomic E-state index is 0.359. The lowest BCUT2D eigenvalue weighted by Gasteiger charge is -2.24. The van der Waals surface area contributed by atoms with Crippen LogP contribution < -0.4 is 10.6 Å². The van der Waals surface area contributed by atoms with Gasteiger partial charge in [0.05, 0.1) is 5.69 Å². The Morgan fingerprint density at radius 1 is 1.15 bits per heavy atom. The molecule has 1 aliphatic heterocycles. The lowest BCUT2D eigenvalue weighted by Crippen LogP contribution is -2.26. The molecule has 4 heteroatoms. The summed E-state index contributed by atoms with van der Waals surface area (Å²) in [7, 11) is 0. The number of fused-ring (bicyclic) bond motifs is 1. The summed E-state index contributed by atoms with van der Waals surface area (Å²) in [5, 5.41) is 0. The topological polar surface area (TPSA) is 42.1 Å². The van der Waals surface area contributed by atoms with Gasteiger partial charge in [-0.15, -0.1) is 0 Å². The van der Waals surface area contributed by atoms with Gasteiger partial charge in [0.15, 0.2) is 0 Å². The number of thiocarbonyl (C=S) groups is 1. The second kappa shape index (κ2) is 5.59. The number of aryl methyl sites for hydroxylation is 1. The molecule has 3 nitrogen and oxygen atoms in total. The van der Waals surface area contributed by atoms with Crippen LogP contribution in [0.25, 0.3) is 0 Å². The molecule has 2 N–H and O–H groups in total. The number of benzene rings is 1. The Bertz CT molecular complexity index is 639. The highest BCUT2D eigenvalue weighted by molar-refractivity contribution is 7.80. The second-order valence-corrected chi connectivity index (χ2v) is 5.47. The molecule has 1 aliphatic rings. The first kappa shape index (κ1) is 13.1. The molecule has 0 unspecified atom stereocenters. The molecule has 2 heterocycles. The van der Waals surface area contributed by atoms with Crippen LogP contribution in [-0.2, 0) is 13.0 Å². The van der Waals surface area contributed by atoms with Gasteiger partial charge in [0.25, 0.3) is 0 Å². The lowest BCUT2D eigenvalue weighted by atomic mass is 10.0. The van der Waals surface area contributed by atoms with Crippen molar-refractivity contribution >= 4 is 22.9 Å². The third kappa shape index (κ3) is 2.51. The molecular formula is C16H17N3S. The Hall–Kier alpha value is -1.94. The number of aromatic nitrogens is 1. The SMILES string of the molecule is NC(=S)c1ncccc1N1CCCc2ccccc2C1. The van der Waals surface area contributed by atoms with Gasteiger partial charge < -0.3 is 10.6 Å². The third-order valence-electron chi connectivity index (χ3n) is 3.71. The van der Waals surface area contributed by atoms with Crippen molar-refractivity contribution in [2.75, 3.05) is 11.4 Å². The van der Waals surface area contributed by atoms with E-state index in [2.05, 4.69) is 40.2 Å². The minimum Gasteiger partial charge on any atom is -0.388 e. The maximum absolute atomic E-state index is 5.80. The molecule has 0 atom stereocenters. The predicted molar refractivity (Wildman–Crippen MR) is 85.9 cm³/mol. The number of anilines is 1. The van der Waals surface area contributed by atoms with Gasteiger partial charge in [-0.05, 0) is 36.1 Å². The zero-order valence-corrected chi connectivity index (χ0v) is 12.1. The van der Waals surface area contributed by atoms with E-state index in [4.69, 9.17) is 18.0 Å². The third-order valence-corrected chi connectivity index (χ3v) is 3.91. The summed E-state index contributed by atoms with van der Waals surface area (Å²) < 4.78 is 0. The van der Waals surface area contributed by atoms with Crippen molar-refractivity contribution in [2.45, 2.75) is 19.4 Å². The molecule has 0 bridgehead atoms. The van der Waals surface area contributed by atoms with Gasteiger partial charge in [-0.2, -0.15) is 0 Å². The van der Waals surface area contributed by atoms with Gasteiger partial charge >= 0.3 is 0 Å². The van der Waals surface area contributed by atoms with Gasteiger partial charge in [-0.3, -0.25) is 4.98 Å². The lowest BCUT2D eigenvalue weighted by molar-refractivity contribution is 0.763. The number of nitrogens with two attached hydrogens (primary N) is 1. The van der Waals surface area contributed by atoms with Gasteiger partial charge in [-0.25, -0.2) is 0 Å². The highest BCUT2D eigenvalue weighted by atomic mass is 32.1. The van der Waals surface area contributed by atoms with Crippen LogP contribution >= 0.6 is 12.2 Å². The molecule has 0 amide bonds. The van der Waals surface area contributed by atoms with Gasteiger partial charge in [0.2, 0.25) is 0 Å². The quantitative estimate of drug-likeness (QED) is 0.861. The zero-order valence-electron chi connectivity index (χ0n) is 11.2. The molecule has 0 fully saturated rings. The number of nitrogens with zero attached hydrogens (tertiary/aromatic N) is 2. The van der Waals surface area contributed by atoms with Gasteiger partial charge in [0, 0.05) is 19.3 Å². The van der Waals surface area contributed by atoms with Crippen LogP contribution in [0.1, 0.15) is 23.2 Å². The normalized spacial score (nSPS) is 14.5. The smallest absolute Gasteiger partial charge is 0.124 e. The number of pyridine rings is 1. The number of rotatable bonds is 2. The Morgan fingerprint density at radius 3 is 2.75 bits per heavy atom. The fraction of sp³-hybridized carbons (Fsp3) is 0.250. The van der Waals surface area contributed by atoms with E-state index in [-0.39, 0.29) is 0 Å². The predicted octanol–water partition coefficient (Wildman–Crippen LogP) is 2.67. The van der Waals surface area contributed by atoms with Crippen molar-refractivity contribution < 1.29 is 0 Å². The largest absolute Gasteiger partial charge is 0.388 e. The van der Waals surface area contributed by atoms with E-state index < -0.39 is 0 Å². The van der Waals surface area contributed by atoms with E-state index in [9.17, 15) is 0 Å². The molecule has 0 aliphatic carbocycles. The molecule has 0 saturated heterocycles. The maximum atomic E-state index is 5.80. The monoisotopic (exact) mass is 283 g/mol. The number of hydrogen-bond acceptors (Lipinski definition) is 3. The van der Waals surface area contributed by atoms with Crippen molar-refractivity contribution in [2.24, 2.45) is 5.73 Å². The van der Waals surface area contributed by atoms with Crippen molar-refractivity contribution in [1.29, 1.82) is 0 Å². The molecule has 0 saturated carbocycles. The minimum absolute atomic E-state index is 0.359. The first-order chi connectivity index (χ1) is 9.75. The average molecular weight is 283 g/mol. The van der Waals surface area contributed by atoms with E-state index in [1.807, 2.05) is 6.07 Å². The van der Waals surface area contributed by atoms with E-state index in [0.717, 1.165) is 37.3 Å². The van der Waals surface area contributed by atoms with Crippen LogP contribution in [0.5, 0.6) is 0 Å².